The van der Waals surface area contributed by atoms with Gasteiger partial charge in [-0.25, -0.2) is 4.98 Å². The molecule has 2 heterocycles. The van der Waals surface area contributed by atoms with Gasteiger partial charge in [0.25, 0.3) is 0 Å². The number of benzene rings is 1. The van der Waals surface area contributed by atoms with Gasteiger partial charge in [-0.1, -0.05) is 24.3 Å². The average Bonchev–Trinajstić information content (AvgIpc) is 2.55. The maximum absolute atomic E-state index is 4.30. The average molecular weight is 267 g/mol. The van der Waals surface area contributed by atoms with Crippen LogP contribution in [0.3, 0.4) is 0 Å². The minimum atomic E-state index is 0.747. The predicted molar refractivity (Wildman–Crippen MR) is 84.1 cm³/mol. The molecule has 0 atom stereocenters. The van der Waals surface area contributed by atoms with Crippen LogP contribution in [0.5, 0.6) is 0 Å². The Labute approximate surface area is 120 Å². The van der Waals surface area contributed by atoms with E-state index >= 15 is 0 Å². The molecule has 1 aliphatic heterocycles. The number of para-hydroxylation sites is 1. The normalized spacial score (nSPS) is 16.1. The van der Waals surface area contributed by atoms with Crippen molar-refractivity contribution < 1.29 is 0 Å². The van der Waals surface area contributed by atoms with Gasteiger partial charge in [0, 0.05) is 31.5 Å². The fourth-order valence-electron chi connectivity index (χ4n) is 2.75. The van der Waals surface area contributed by atoms with Crippen molar-refractivity contribution in [1.29, 1.82) is 0 Å². The van der Waals surface area contributed by atoms with E-state index in [-0.39, 0.29) is 0 Å². The molecule has 0 bridgehead atoms. The van der Waals surface area contributed by atoms with Gasteiger partial charge in [0.15, 0.2) is 0 Å². The van der Waals surface area contributed by atoms with Crippen LogP contribution in [-0.4, -0.2) is 24.6 Å². The predicted octanol–water partition coefficient (Wildman–Crippen LogP) is 3.41. The highest BCUT2D eigenvalue weighted by Crippen LogP contribution is 2.23. The van der Waals surface area contributed by atoms with E-state index in [1.165, 1.54) is 18.5 Å². The quantitative estimate of drug-likeness (QED) is 0.920. The summed E-state index contributed by atoms with van der Waals surface area (Å²) in [6, 6.07) is 16.7. The minimum Gasteiger partial charge on any atom is -0.372 e. The number of aromatic nitrogens is 1. The maximum atomic E-state index is 4.30. The monoisotopic (exact) mass is 267 g/mol. The third-order valence-corrected chi connectivity index (χ3v) is 3.97. The Bertz CT molecular complexity index is 504. The van der Waals surface area contributed by atoms with Crippen molar-refractivity contribution in [3.8, 4) is 0 Å². The van der Waals surface area contributed by atoms with E-state index < -0.39 is 0 Å². The second-order valence-corrected chi connectivity index (χ2v) is 5.36. The van der Waals surface area contributed by atoms with E-state index in [0.29, 0.717) is 0 Å². The molecule has 1 aromatic heterocycles. The van der Waals surface area contributed by atoms with Crippen molar-refractivity contribution in [2.75, 3.05) is 29.9 Å². The number of hydrogen-bond donors (Lipinski definition) is 1. The summed E-state index contributed by atoms with van der Waals surface area (Å²) in [5.41, 5.74) is 1.35. The molecular weight excluding hydrogens is 246 g/mol. The van der Waals surface area contributed by atoms with Gasteiger partial charge >= 0.3 is 0 Å². The fraction of sp³-hybridized carbons (Fsp3) is 0.353. The number of anilines is 2. The molecule has 0 radical (unpaired) electrons. The number of hydrogen-bond acceptors (Lipinski definition) is 3. The summed E-state index contributed by atoms with van der Waals surface area (Å²) in [6.45, 7) is 3.33. The summed E-state index contributed by atoms with van der Waals surface area (Å²) in [4.78, 5) is 6.79. The first-order valence-corrected chi connectivity index (χ1v) is 7.37. The number of piperidine rings is 1. The van der Waals surface area contributed by atoms with Crippen LogP contribution in [0, 0.1) is 5.92 Å². The molecule has 1 N–H and O–H groups in total. The lowest BCUT2D eigenvalue weighted by atomic mass is 9.96. The van der Waals surface area contributed by atoms with Crippen molar-refractivity contribution in [2.45, 2.75) is 12.8 Å². The molecule has 1 fully saturated rings. The summed E-state index contributed by atoms with van der Waals surface area (Å²) >= 11 is 0. The van der Waals surface area contributed by atoms with Gasteiger partial charge in [-0.05, 0) is 43.0 Å². The standard InChI is InChI=1S/C17H21N3/c1-2-6-16(7-3-1)20-12-9-15(10-13-20)14-19-17-8-4-5-11-18-17/h1-8,11,15H,9-10,12-14H2,(H,18,19). The molecular formula is C17H21N3. The molecule has 3 nitrogen and oxygen atoms in total. The highest BCUT2D eigenvalue weighted by molar-refractivity contribution is 5.46. The molecule has 0 aliphatic carbocycles. The van der Waals surface area contributed by atoms with Crippen molar-refractivity contribution >= 4 is 11.5 Å². The Balaban J connectivity index is 1.47. The van der Waals surface area contributed by atoms with Crippen LogP contribution in [0.25, 0.3) is 0 Å². The SMILES string of the molecule is c1ccc(N2CCC(CNc3ccccn3)CC2)cc1. The van der Waals surface area contributed by atoms with E-state index in [0.717, 1.165) is 31.4 Å². The zero-order chi connectivity index (χ0) is 13.6. The van der Waals surface area contributed by atoms with E-state index in [2.05, 4.69) is 45.5 Å². The first-order valence-electron chi connectivity index (χ1n) is 7.37. The highest BCUT2D eigenvalue weighted by atomic mass is 15.1. The van der Waals surface area contributed by atoms with Crippen LogP contribution in [0.1, 0.15) is 12.8 Å². The van der Waals surface area contributed by atoms with Gasteiger partial charge in [-0.2, -0.15) is 0 Å². The van der Waals surface area contributed by atoms with E-state index in [1.54, 1.807) is 0 Å². The van der Waals surface area contributed by atoms with Gasteiger partial charge < -0.3 is 10.2 Å². The Hall–Kier alpha value is -2.03. The number of nitrogens with zero attached hydrogens (tertiary/aromatic N) is 2. The number of pyridine rings is 1. The lowest BCUT2D eigenvalue weighted by molar-refractivity contribution is 0.423. The van der Waals surface area contributed by atoms with Crippen LogP contribution in [0.4, 0.5) is 11.5 Å². The van der Waals surface area contributed by atoms with Crippen molar-refractivity contribution in [3.63, 3.8) is 0 Å². The van der Waals surface area contributed by atoms with Crippen molar-refractivity contribution in [1.82, 2.24) is 4.98 Å². The first kappa shape index (κ1) is 13.0. The van der Waals surface area contributed by atoms with Gasteiger partial charge in [0.2, 0.25) is 0 Å². The number of nitrogens with one attached hydrogen (secondary N) is 1. The van der Waals surface area contributed by atoms with Gasteiger partial charge in [0.05, 0.1) is 0 Å². The zero-order valence-electron chi connectivity index (χ0n) is 11.7. The second-order valence-electron chi connectivity index (χ2n) is 5.36. The lowest BCUT2D eigenvalue weighted by Crippen LogP contribution is -2.35. The number of rotatable bonds is 4. The maximum Gasteiger partial charge on any atom is 0.125 e. The van der Waals surface area contributed by atoms with Crippen LogP contribution in [0.2, 0.25) is 0 Å². The fourth-order valence-corrected chi connectivity index (χ4v) is 2.75. The third-order valence-electron chi connectivity index (χ3n) is 3.97. The molecule has 0 unspecified atom stereocenters. The molecule has 104 valence electrons. The van der Waals surface area contributed by atoms with E-state index in [4.69, 9.17) is 0 Å². The third kappa shape index (κ3) is 3.29. The summed E-state index contributed by atoms with van der Waals surface area (Å²) in [5, 5.41) is 3.44. The summed E-state index contributed by atoms with van der Waals surface area (Å²) in [6.07, 6.45) is 4.32. The molecule has 1 aromatic carbocycles. The molecule has 3 heteroatoms. The Morgan fingerprint density at radius 1 is 1.00 bits per heavy atom. The summed E-state index contributed by atoms with van der Waals surface area (Å²) in [7, 11) is 0. The molecule has 0 amide bonds. The molecule has 0 saturated carbocycles. The first-order chi connectivity index (χ1) is 9.92. The Morgan fingerprint density at radius 3 is 2.45 bits per heavy atom. The lowest BCUT2D eigenvalue weighted by Gasteiger charge is -2.33. The topological polar surface area (TPSA) is 28.2 Å². The van der Waals surface area contributed by atoms with Gasteiger partial charge in [-0.3, -0.25) is 0 Å². The summed E-state index contributed by atoms with van der Waals surface area (Å²) in [5.74, 6) is 1.73. The smallest absolute Gasteiger partial charge is 0.125 e. The zero-order valence-corrected chi connectivity index (χ0v) is 11.7. The minimum absolute atomic E-state index is 0.747. The van der Waals surface area contributed by atoms with Crippen LogP contribution in [0.15, 0.2) is 54.7 Å². The molecule has 1 aliphatic rings. The Kier molecular flexibility index (Phi) is 4.16. The molecule has 0 spiro atoms. The van der Waals surface area contributed by atoms with E-state index in [1.807, 2.05) is 24.4 Å². The second kappa shape index (κ2) is 6.42. The van der Waals surface area contributed by atoms with E-state index in [9.17, 15) is 0 Å². The van der Waals surface area contributed by atoms with Crippen LogP contribution >= 0.6 is 0 Å². The van der Waals surface area contributed by atoms with Crippen molar-refractivity contribution in [3.05, 3.63) is 54.7 Å². The highest BCUT2D eigenvalue weighted by Gasteiger charge is 2.19. The summed E-state index contributed by atoms with van der Waals surface area (Å²) < 4.78 is 0. The molecule has 20 heavy (non-hydrogen) atoms. The molecule has 2 aromatic rings. The molecule has 1 saturated heterocycles. The largest absolute Gasteiger partial charge is 0.372 e. The van der Waals surface area contributed by atoms with Crippen LogP contribution in [-0.2, 0) is 0 Å². The molecule has 3 rings (SSSR count). The van der Waals surface area contributed by atoms with Gasteiger partial charge in [-0.15, -0.1) is 0 Å². The van der Waals surface area contributed by atoms with Gasteiger partial charge in [0.1, 0.15) is 5.82 Å². The van der Waals surface area contributed by atoms with Crippen molar-refractivity contribution in [2.24, 2.45) is 5.92 Å². The van der Waals surface area contributed by atoms with Crippen LogP contribution < -0.4 is 10.2 Å². The Morgan fingerprint density at radius 2 is 1.75 bits per heavy atom.